The summed E-state index contributed by atoms with van der Waals surface area (Å²) in [5.74, 6) is 1.59. The molecule has 0 aliphatic carbocycles. The molecule has 31 heavy (non-hydrogen) atoms. The van der Waals surface area contributed by atoms with Crippen LogP contribution in [-0.2, 0) is 13.1 Å². The van der Waals surface area contributed by atoms with Gasteiger partial charge >= 0.3 is 0 Å². The van der Waals surface area contributed by atoms with Gasteiger partial charge in [0.15, 0.2) is 5.96 Å². The van der Waals surface area contributed by atoms with Gasteiger partial charge in [-0.25, -0.2) is 4.39 Å². The minimum atomic E-state index is -0.161. The summed E-state index contributed by atoms with van der Waals surface area (Å²) in [5.41, 5.74) is 2.96. The first-order valence-corrected chi connectivity index (χ1v) is 10.3. The SMILES string of the molecule is CN=C(NCc1ccc(F)c(CN(C)C)c1)N1CCN(c2ccc(OC)cc2)CC1.I. The molecular formula is C23H33FIN5O. The molecule has 0 atom stereocenters. The molecule has 1 aliphatic rings. The quantitative estimate of drug-likeness (QED) is 0.345. The van der Waals surface area contributed by atoms with Crippen molar-refractivity contribution in [2.45, 2.75) is 13.1 Å². The minimum absolute atomic E-state index is 0. The Hall–Kier alpha value is -2.07. The summed E-state index contributed by atoms with van der Waals surface area (Å²) in [6.45, 7) is 4.84. The van der Waals surface area contributed by atoms with Crippen LogP contribution in [0.1, 0.15) is 11.1 Å². The molecule has 1 fully saturated rings. The van der Waals surface area contributed by atoms with Crippen molar-refractivity contribution >= 4 is 35.6 Å². The molecule has 0 aromatic heterocycles. The lowest BCUT2D eigenvalue weighted by molar-refractivity contribution is 0.372. The molecule has 1 N–H and O–H groups in total. The molecule has 3 rings (SSSR count). The summed E-state index contributed by atoms with van der Waals surface area (Å²) in [4.78, 5) is 11.1. The third kappa shape index (κ3) is 6.96. The van der Waals surface area contributed by atoms with Gasteiger partial charge in [-0.05, 0) is 56.1 Å². The Bertz CT molecular complexity index is 852. The van der Waals surface area contributed by atoms with Gasteiger partial charge in [0.2, 0.25) is 0 Å². The molecule has 8 heteroatoms. The second-order valence-electron chi connectivity index (χ2n) is 7.74. The van der Waals surface area contributed by atoms with Crippen LogP contribution in [0.25, 0.3) is 0 Å². The fourth-order valence-electron chi connectivity index (χ4n) is 3.68. The number of rotatable bonds is 6. The van der Waals surface area contributed by atoms with Crippen molar-refractivity contribution in [3.8, 4) is 5.75 Å². The number of aliphatic imine (C=N–C) groups is 1. The van der Waals surface area contributed by atoms with Gasteiger partial charge in [0.05, 0.1) is 7.11 Å². The number of benzene rings is 2. The first-order chi connectivity index (χ1) is 14.5. The van der Waals surface area contributed by atoms with Crippen molar-refractivity contribution in [1.29, 1.82) is 0 Å². The van der Waals surface area contributed by atoms with E-state index in [0.29, 0.717) is 18.7 Å². The van der Waals surface area contributed by atoms with E-state index in [2.05, 4.69) is 32.2 Å². The molecule has 0 amide bonds. The highest BCUT2D eigenvalue weighted by Gasteiger charge is 2.20. The van der Waals surface area contributed by atoms with Crippen LogP contribution in [0.3, 0.4) is 0 Å². The van der Waals surface area contributed by atoms with Crippen molar-refractivity contribution in [2.75, 3.05) is 59.3 Å². The summed E-state index contributed by atoms with van der Waals surface area (Å²) < 4.78 is 19.3. The normalized spacial score (nSPS) is 14.5. The van der Waals surface area contributed by atoms with Crippen molar-refractivity contribution in [2.24, 2.45) is 4.99 Å². The van der Waals surface area contributed by atoms with Crippen LogP contribution in [0.4, 0.5) is 10.1 Å². The van der Waals surface area contributed by atoms with Gasteiger partial charge in [-0.15, -0.1) is 24.0 Å². The predicted octanol–water partition coefficient (Wildman–Crippen LogP) is 3.41. The molecule has 0 radical (unpaired) electrons. The predicted molar refractivity (Wildman–Crippen MR) is 136 cm³/mol. The van der Waals surface area contributed by atoms with Crippen LogP contribution in [-0.4, -0.2) is 70.2 Å². The van der Waals surface area contributed by atoms with Crippen molar-refractivity contribution in [3.05, 3.63) is 59.4 Å². The van der Waals surface area contributed by atoms with Crippen LogP contribution in [0.5, 0.6) is 5.75 Å². The molecule has 6 nitrogen and oxygen atoms in total. The lowest BCUT2D eigenvalue weighted by Crippen LogP contribution is -2.52. The second kappa shape index (κ2) is 12.1. The summed E-state index contributed by atoms with van der Waals surface area (Å²) in [6.07, 6.45) is 0. The lowest BCUT2D eigenvalue weighted by atomic mass is 10.1. The lowest BCUT2D eigenvalue weighted by Gasteiger charge is -2.37. The Morgan fingerprint density at radius 1 is 1.10 bits per heavy atom. The highest BCUT2D eigenvalue weighted by molar-refractivity contribution is 14.0. The molecule has 170 valence electrons. The standard InChI is InChI=1S/C23H32FN5O.HI/c1-25-23(26-16-18-5-10-22(24)19(15-18)17-27(2)3)29-13-11-28(12-14-29)20-6-8-21(30-4)9-7-20;/h5-10,15H,11-14,16-17H2,1-4H3,(H,25,26);1H. The van der Waals surface area contributed by atoms with Gasteiger partial charge in [0.25, 0.3) is 0 Å². The Kier molecular flexibility index (Phi) is 9.83. The number of halogens is 2. The number of methoxy groups -OCH3 is 1. The average molecular weight is 541 g/mol. The number of piperazine rings is 1. The van der Waals surface area contributed by atoms with E-state index in [-0.39, 0.29) is 29.8 Å². The van der Waals surface area contributed by atoms with Crippen LogP contribution < -0.4 is 15.0 Å². The van der Waals surface area contributed by atoms with Crippen molar-refractivity contribution < 1.29 is 9.13 Å². The Balaban J connectivity index is 0.00000341. The largest absolute Gasteiger partial charge is 0.497 e. The first-order valence-electron chi connectivity index (χ1n) is 10.3. The zero-order valence-electron chi connectivity index (χ0n) is 18.8. The molecule has 2 aromatic carbocycles. The van der Waals surface area contributed by atoms with Gasteiger partial charge in [-0.2, -0.15) is 0 Å². The molecule has 2 aromatic rings. The number of nitrogens with zero attached hydrogens (tertiary/aromatic N) is 4. The summed E-state index contributed by atoms with van der Waals surface area (Å²) in [7, 11) is 7.37. The highest BCUT2D eigenvalue weighted by Crippen LogP contribution is 2.20. The Morgan fingerprint density at radius 3 is 2.35 bits per heavy atom. The van der Waals surface area contributed by atoms with Crippen LogP contribution in [0, 0.1) is 5.82 Å². The summed E-state index contributed by atoms with van der Waals surface area (Å²) in [5, 5.41) is 3.43. The van der Waals surface area contributed by atoms with Gasteiger partial charge in [0.1, 0.15) is 11.6 Å². The molecule has 0 spiro atoms. The van der Waals surface area contributed by atoms with E-state index in [1.807, 2.05) is 43.3 Å². The third-order valence-electron chi connectivity index (χ3n) is 5.28. The van der Waals surface area contributed by atoms with Crippen LogP contribution in [0.15, 0.2) is 47.5 Å². The fraction of sp³-hybridized carbons (Fsp3) is 0.435. The van der Waals surface area contributed by atoms with Crippen molar-refractivity contribution in [3.63, 3.8) is 0 Å². The van der Waals surface area contributed by atoms with Gasteiger partial charge in [-0.1, -0.05) is 6.07 Å². The highest BCUT2D eigenvalue weighted by atomic mass is 127. The van der Waals surface area contributed by atoms with E-state index >= 15 is 0 Å². The van der Waals surface area contributed by atoms with Gasteiger partial charge < -0.3 is 24.8 Å². The topological polar surface area (TPSA) is 43.3 Å². The maximum atomic E-state index is 14.0. The minimum Gasteiger partial charge on any atom is -0.497 e. The van der Waals surface area contributed by atoms with Gasteiger partial charge in [0, 0.05) is 57.6 Å². The first kappa shape index (κ1) is 25.2. The number of hydrogen-bond donors (Lipinski definition) is 1. The Labute approximate surface area is 202 Å². The smallest absolute Gasteiger partial charge is 0.194 e. The zero-order valence-corrected chi connectivity index (χ0v) is 21.1. The maximum absolute atomic E-state index is 14.0. The number of ether oxygens (including phenoxy) is 1. The Morgan fingerprint density at radius 2 is 1.77 bits per heavy atom. The maximum Gasteiger partial charge on any atom is 0.194 e. The molecule has 0 saturated carbocycles. The summed E-state index contributed by atoms with van der Waals surface area (Å²) >= 11 is 0. The van der Waals surface area contributed by atoms with Crippen LogP contribution >= 0.6 is 24.0 Å². The zero-order chi connectivity index (χ0) is 21.5. The van der Waals surface area contributed by atoms with E-state index in [9.17, 15) is 4.39 Å². The third-order valence-corrected chi connectivity index (χ3v) is 5.28. The molecular weight excluding hydrogens is 508 g/mol. The van der Waals surface area contributed by atoms with E-state index < -0.39 is 0 Å². The number of nitrogens with one attached hydrogen (secondary N) is 1. The number of anilines is 1. The fourth-order valence-corrected chi connectivity index (χ4v) is 3.68. The van der Waals surface area contributed by atoms with E-state index in [1.54, 1.807) is 20.2 Å². The second-order valence-corrected chi connectivity index (χ2v) is 7.74. The van der Waals surface area contributed by atoms with Gasteiger partial charge in [-0.3, -0.25) is 4.99 Å². The number of hydrogen-bond acceptors (Lipinski definition) is 4. The molecule has 1 saturated heterocycles. The molecule has 1 heterocycles. The molecule has 0 bridgehead atoms. The monoisotopic (exact) mass is 541 g/mol. The summed E-state index contributed by atoms with van der Waals surface area (Å²) in [6, 6.07) is 13.5. The number of guanidine groups is 1. The van der Waals surface area contributed by atoms with E-state index in [0.717, 1.165) is 43.5 Å². The van der Waals surface area contributed by atoms with Crippen molar-refractivity contribution in [1.82, 2.24) is 15.1 Å². The molecule has 0 unspecified atom stereocenters. The molecule has 1 aliphatic heterocycles. The average Bonchev–Trinajstić information content (AvgIpc) is 2.76. The van der Waals surface area contributed by atoms with Crippen LogP contribution in [0.2, 0.25) is 0 Å². The van der Waals surface area contributed by atoms with E-state index in [1.165, 1.54) is 5.69 Å². The van der Waals surface area contributed by atoms with E-state index in [4.69, 9.17) is 4.74 Å².